The van der Waals surface area contributed by atoms with Crippen molar-refractivity contribution in [3.63, 3.8) is 0 Å². The van der Waals surface area contributed by atoms with Gasteiger partial charge in [0.2, 0.25) is 0 Å². The molecule has 0 unspecified atom stereocenters. The van der Waals surface area contributed by atoms with Gasteiger partial charge in [0.15, 0.2) is 6.04 Å². The molecule has 0 radical (unpaired) electrons. The summed E-state index contributed by atoms with van der Waals surface area (Å²) in [4.78, 5) is 16.7. The fraction of sp³-hybridized carbons (Fsp3) is 0.458. The number of carbonyl (C=O) groups excluding carboxylic acids is 1. The van der Waals surface area contributed by atoms with E-state index in [0.29, 0.717) is 5.92 Å². The van der Waals surface area contributed by atoms with Crippen LogP contribution in [0.25, 0.3) is 0 Å². The van der Waals surface area contributed by atoms with Crippen molar-refractivity contribution in [3.05, 3.63) is 53.6 Å². The number of carbonyl (C=O) groups is 1. The fourth-order valence-electron chi connectivity index (χ4n) is 4.05. The second-order valence-electron chi connectivity index (χ2n) is 8.25. The van der Waals surface area contributed by atoms with Gasteiger partial charge in [-0.1, -0.05) is 38.1 Å². The van der Waals surface area contributed by atoms with Gasteiger partial charge in [0.05, 0.1) is 33.3 Å². The number of nitrogens with one attached hydrogen (secondary N) is 2. The Bertz CT molecular complexity index is 842. The molecule has 0 saturated carbocycles. The van der Waals surface area contributed by atoms with Crippen LogP contribution in [0.5, 0.6) is 5.75 Å². The van der Waals surface area contributed by atoms with Crippen molar-refractivity contribution in [2.24, 2.45) is 0 Å². The summed E-state index contributed by atoms with van der Waals surface area (Å²) in [6, 6.07) is 14.3. The lowest BCUT2D eigenvalue weighted by atomic mass is 9.98. The summed E-state index contributed by atoms with van der Waals surface area (Å²) in [5, 5.41) is 3.23. The molecule has 1 atom stereocenters. The van der Waals surface area contributed by atoms with Crippen molar-refractivity contribution >= 4 is 17.3 Å². The highest BCUT2D eigenvalue weighted by molar-refractivity contribution is 5.95. The van der Waals surface area contributed by atoms with Crippen molar-refractivity contribution in [2.75, 3.05) is 43.5 Å². The van der Waals surface area contributed by atoms with Gasteiger partial charge >= 0.3 is 0 Å². The number of hydrogen-bond donors (Lipinski definition) is 2. The second-order valence-corrected chi connectivity index (χ2v) is 8.25. The van der Waals surface area contributed by atoms with Crippen LogP contribution < -0.4 is 19.9 Å². The molecule has 1 fully saturated rings. The predicted octanol–water partition coefficient (Wildman–Crippen LogP) is 2.86. The quantitative estimate of drug-likeness (QED) is 0.789. The van der Waals surface area contributed by atoms with Gasteiger partial charge < -0.3 is 19.9 Å². The molecule has 1 amide bonds. The molecule has 5 nitrogen and oxygen atoms in total. The minimum Gasteiger partial charge on any atom is -0.497 e. The van der Waals surface area contributed by atoms with Crippen molar-refractivity contribution < 1.29 is 14.4 Å². The molecule has 29 heavy (non-hydrogen) atoms. The largest absolute Gasteiger partial charge is 0.497 e. The first kappa shape index (κ1) is 21.2. The van der Waals surface area contributed by atoms with Crippen LogP contribution in [0.15, 0.2) is 42.5 Å². The van der Waals surface area contributed by atoms with E-state index >= 15 is 0 Å². The van der Waals surface area contributed by atoms with E-state index in [1.54, 1.807) is 7.11 Å². The van der Waals surface area contributed by atoms with Crippen LogP contribution in [0.4, 0.5) is 11.4 Å². The normalized spacial score (nSPS) is 16.0. The molecule has 2 aromatic rings. The van der Waals surface area contributed by atoms with Crippen molar-refractivity contribution in [1.82, 2.24) is 0 Å². The minimum absolute atomic E-state index is 0.0814. The Morgan fingerprint density at radius 1 is 1.10 bits per heavy atom. The third-order valence-corrected chi connectivity index (χ3v) is 6.01. The number of amides is 1. The Labute approximate surface area is 174 Å². The first-order chi connectivity index (χ1) is 13.9. The van der Waals surface area contributed by atoms with Crippen molar-refractivity contribution in [3.8, 4) is 5.75 Å². The maximum absolute atomic E-state index is 13.0. The number of para-hydroxylation sites is 1. The number of hydrogen-bond acceptors (Lipinski definition) is 3. The molecule has 0 bridgehead atoms. The zero-order valence-corrected chi connectivity index (χ0v) is 18.3. The third-order valence-electron chi connectivity index (χ3n) is 6.01. The van der Waals surface area contributed by atoms with E-state index < -0.39 is 0 Å². The van der Waals surface area contributed by atoms with E-state index in [1.165, 1.54) is 16.2 Å². The second kappa shape index (κ2) is 9.31. The highest BCUT2D eigenvalue weighted by Gasteiger charge is 2.30. The molecule has 1 heterocycles. The van der Waals surface area contributed by atoms with Gasteiger partial charge in [-0.3, -0.25) is 4.79 Å². The summed E-state index contributed by atoms with van der Waals surface area (Å²) < 4.78 is 5.34. The number of rotatable bonds is 6. The number of nitrogens with zero attached hydrogens (tertiary/aromatic N) is 1. The van der Waals surface area contributed by atoms with Gasteiger partial charge in [0.25, 0.3) is 5.91 Å². The molecule has 2 N–H and O–H groups in total. The van der Waals surface area contributed by atoms with Gasteiger partial charge in [-0.05, 0) is 43.0 Å². The number of aryl methyl sites for hydroxylation is 1. The lowest BCUT2D eigenvalue weighted by molar-refractivity contribution is -0.914. The first-order valence-corrected chi connectivity index (χ1v) is 10.5. The van der Waals surface area contributed by atoms with Gasteiger partial charge in [-0.15, -0.1) is 0 Å². The lowest BCUT2D eigenvalue weighted by Gasteiger charge is -2.36. The maximum atomic E-state index is 13.0. The van der Waals surface area contributed by atoms with Gasteiger partial charge in [-0.25, -0.2) is 0 Å². The molecule has 0 aromatic heterocycles. The Morgan fingerprint density at radius 2 is 1.79 bits per heavy atom. The molecule has 2 aromatic carbocycles. The summed E-state index contributed by atoms with van der Waals surface area (Å²) in [6.07, 6.45) is 0. The zero-order chi connectivity index (χ0) is 21.0. The van der Waals surface area contributed by atoms with E-state index in [0.717, 1.165) is 43.2 Å². The summed E-state index contributed by atoms with van der Waals surface area (Å²) in [5.41, 5.74) is 4.48. The van der Waals surface area contributed by atoms with E-state index in [2.05, 4.69) is 61.3 Å². The topological polar surface area (TPSA) is 46.0 Å². The molecular weight excluding hydrogens is 362 g/mol. The predicted molar refractivity (Wildman–Crippen MR) is 119 cm³/mol. The van der Waals surface area contributed by atoms with E-state index in [1.807, 2.05) is 19.1 Å². The van der Waals surface area contributed by atoms with Gasteiger partial charge in [-0.2, -0.15) is 0 Å². The van der Waals surface area contributed by atoms with Crippen molar-refractivity contribution in [2.45, 2.75) is 39.7 Å². The highest BCUT2D eigenvalue weighted by Crippen LogP contribution is 2.27. The maximum Gasteiger partial charge on any atom is 0.282 e. The highest BCUT2D eigenvalue weighted by atomic mass is 16.5. The fourth-order valence-corrected chi connectivity index (χ4v) is 4.05. The lowest BCUT2D eigenvalue weighted by Crippen LogP contribution is -3.19. The van der Waals surface area contributed by atoms with Crippen LogP contribution in [-0.4, -0.2) is 45.2 Å². The Morgan fingerprint density at radius 3 is 2.45 bits per heavy atom. The molecule has 0 aliphatic carbocycles. The minimum atomic E-state index is -0.0814. The van der Waals surface area contributed by atoms with Crippen LogP contribution in [0.3, 0.4) is 0 Å². The van der Waals surface area contributed by atoms with E-state index in [4.69, 9.17) is 4.74 Å². The molecule has 0 spiro atoms. The van der Waals surface area contributed by atoms with E-state index in [-0.39, 0.29) is 11.9 Å². The van der Waals surface area contributed by atoms with E-state index in [9.17, 15) is 4.79 Å². The number of methoxy groups -OCH3 is 1. The monoisotopic (exact) mass is 396 g/mol. The van der Waals surface area contributed by atoms with Crippen LogP contribution in [0, 0.1) is 6.92 Å². The average molecular weight is 397 g/mol. The van der Waals surface area contributed by atoms with Crippen LogP contribution in [-0.2, 0) is 4.79 Å². The molecular formula is C24H34N3O2+. The molecule has 1 aliphatic rings. The smallest absolute Gasteiger partial charge is 0.282 e. The van der Waals surface area contributed by atoms with Crippen LogP contribution in [0.2, 0.25) is 0 Å². The van der Waals surface area contributed by atoms with Crippen molar-refractivity contribution in [1.29, 1.82) is 0 Å². The average Bonchev–Trinajstić information content (AvgIpc) is 2.74. The number of ether oxygens (including phenoxy) is 1. The SMILES string of the molecule is COc1cccc(N2CC[NH+]([C@H](C)C(=O)Nc3c(C)cccc3C(C)C)CC2)c1. The Kier molecular flexibility index (Phi) is 6.80. The number of quaternary nitrogens is 1. The molecule has 1 aliphatic heterocycles. The van der Waals surface area contributed by atoms with Gasteiger partial charge in [0.1, 0.15) is 5.75 Å². The zero-order valence-electron chi connectivity index (χ0n) is 18.3. The van der Waals surface area contributed by atoms with Crippen LogP contribution in [0.1, 0.15) is 37.8 Å². The molecule has 3 rings (SSSR count). The summed E-state index contributed by atoms with van der Waals surface area (Å²) in [7, 11) is 1.70. The standard InChI is InChI=1S/C24H33N3O2/c1-17(2)22-11-6-8-18(3)23(22)25-24(28)19(4)26-12-14-27(15-13-26)20-9-7-10-21(16-20)29-5/h6-11,16-17,19H,12-15H2,1-5H3,(H,25,28)/p+1/t19-/m1/s1. The molecule has 5 heteroatoms. The summed E-state index contributed by atoms with van der Waals surface area (Å²) in [5.74, 6) is 1.36. The molecule has 1 saturated heterocycles. The molecule has 156 valence electrons. The number of piperazine rings is 1. The summed E-state index contributed by atoms with van der Waals surface area (Å²) in [6.45, 7) is 12.2. The first-order valence-electron chi connectivity index (χ1n) is 10.5. The summed E-state index contributed by atoms with van der Waals surface area (Å²) >= 11 is 0. The Balaban J connectivity index is 1.62. The third kappa shape index (κ3) is 4.91. The van der Waals surface area contributed by atoms with Crippen LogP contribution >= 0.6 is 0 Å². The Hall–Kier alpha value is -2.53. The van der Waals surface area contributed by atoms with Gasteiger partial charge in [0, 0.05) is 17.4 Å². The number of benzene rings is 2. The number of anilines is 2.